The van der Waals surface area contributed by atoms with Gasteiger partial charge >= 0.3 is 12.1 Å². The molecule has 0 saturated carbocycles. The number of carbonyl (C=O) groups is 1. The Labute approximate surface area is 65.5 Å². The van der Waals surface area contributed by atoms with Gasteiger partial charge < -0.3 is 9.94 Å². The number of rotatable bonds is 1. The van der Waals surface area contributed by atoms with Gasteiger partial charge in [-0.25, -0.2) is 4.79 Å². The van der Waals surface area contributed by atoms with Gasteiger partial charge in [-0.05, 0) is 0 Å². The second-order valence-electron chi connectivity index (χ2n) is 2.38. The fourth-order valence-electron chi connectivity index (χ4n) is 0.660. The quantitative estimate of drug-likeness (QED) is 0.608. The van der Waals surface area contributed by atoms with Crippen LogP contribution in [0.15, 0.2) is 0 Å². The molecule has 0 atom stereocenters. The van der Waals surface area contributed by atoms with Crippen LogP contribution in [-0.4, -0.2) is 41.5 Å². The lowest BCUT2D eigenvalue weighted by atomic mass is 10.2. The summed E-state index contributed by atoms with van der Waals surface area (Å²) < 4.78 is 34.5. The van der Waals surface area contributed by atoms with Gasteiger partial charge in [-0.1, -0.05) is 0 Å². The van der Waals surface area contributed by atoms with Gasteiger partial charge in [0.05, 0.1) is 19.2 Å². The third kappa shape index (κ3) is 2.08. The lowest BCUT2D eigenvalue weighted by Gasteiger charge is -2.33. The summed E-state index contributed by atoms with van der Waals surface area (Å²) in [5.74, 6) is -2.26. The van der Waals surface area contributed by atoms with E-state index in [9.17, 15) is 18.0 Å². The van der Waals surface area contributed by atoms with Crippen LogP contribution in [0.5, 0.6) is 0 Å². The van der Waals surface area contributed by atoms with Crippen molar-refractivity contribution in [2.24, 2.45) is 0 Å². The summed E-state index contributed by atoms with van der Waals surface area (Å²) in [6.07, 6.45) is -5.67. The van der Waals surface area contributed by atoms with Gasteiger partial charge in [-0.2, -0.15) is 13.2 Å². The van der Waals surface area contributed by atoms with E-state index in [0.29, 0.717) is 0 Å². The Morgan fingerprint density at radius 2 is 2.00 bits per heavy atom. The average molecular weight is 185 g/mol. The van der Waals surface area contributed by atoms with Crippen LogP contribution in [0.25, 0.3) is 0 Å². The number of hydrogen-bond acceptors (Lipinski definition) is 4. The molecule has 0 aliphatic carbocycles. The highest BCUT2D eigenvalue weighted by Crippen LogP contribution is 2.19. The van der Waals surface area contributed by atoms with Crippen LogP contribution in [0.1, 0.15) is 0 Å². The van der Waals surface area contributed by atoms with Gasteiger partial charge in [-0.15, -0.1) is 5.06 Å². The van der Waals surface area contributed by atoms with E-state index in [1.807, 2.05) is 0 Å². The van der Waals surface area contributed by atoms with Gasteiger partial charge in [0.1, 0.15) is 0 Å². The molecule has 1 heterocycles. The molecule has 0 bridgehead atoms. The minimum Gasteiger partial charge on any atom is -0.390 e. The standard InChI is InChI=1S/C5H6F3NO3/c6-5(7,8)4(11)12-9-1-3(10)2-9/h3,10H,1-2H2. The largest absolute Gasteiger partial charge is 0.492 e. The summed E-state index contributed by atoms with van der Waals surface area (Å²) in [6, 6.07) is 0. The van der Waals surface area contributed by atoms with E-state index in [-0.39, 0.29) is 13.1 Å². The lowest BCUT2D eigenvalue weighted by Crippen LogP contribution is -2.52. The predicted molar refractivity (Wildman–Crippen MR) is 29.7 cm³/mol. The van der Waals surface area contributed by atoms with Gasteiger partial charge in [0, 0.05) is 0 Å². The fraction of sp³-hybridized carbons (Fsp3) is 0.800. The molecule has 1 fully saturated rings. The van der Waals surface area contributed by atoms with E-state index in [1.165, 1.54) is 0 Å². The molecule has 0 aromatic rings. The average Bonchev–Trinajstić information content (AvgIpc) is 1.82. The predicted octanol–water partition coefficient (Wildman–Crippen LogP) is -0.317. The summed E-state index contributed by atoms with van der Waals surface area (Å²) in [6.45, 7) is -0.135. The molecule has 0 aromatic heterocycles. The van der Waals surface area contributed by atoms with Crippen LogP contribution < -0.4 is 0 Å². The van der Waals surface area contributed by atoms with Gasteiger partial charge in [-0.3, -0.25) is 0 Å². The number of carbonyl (C=O) groups excluding carboxylic acids is 1. The molecular weight excluding hydrogens is 179 g/mol. The Morgan fingerprint density at radius 3 is 2.33 bits per heavy atom. The van der Waals surface area contributed by atoms with Crippen LogP contribution >= 0.6 is 0 Å². The molecule has 1 aliphatic rings. The van der Waals surface area contributed by atoms with Crippen molar-refractivity contribution in [1.29, 1.82) is 0 Å². The highest BCUT2D eigenvalue weighted by molar-refractivity contribution is 5.75. The first-order valence-corrected chi connectivity index (χ1v) is 3.11. The summed E-state index contributed by atoms with van der Waals surface area (Å²) in [4.78, 5) is 13.9. The molecule has 1 N–H and O–H groups in total. The Bertz CT molecular complexity index is 187. The first-order chi connectivity index (χ1) is 5.39. The van der Waals surface area contributed by atoms with Gasteiger partial charge in [0.25, 0.3) is 0 Å². The Hall–Kier alpha value is -0.820. The maximum absolute atomic E-state index is 11.5. The number of hydroxylamine groups is 2. The van der Waals surface area contributed by atoms with Crippen molar-refractivity contribution in [1.82, 2.24) is 5.06 Å². The van der Waals surface area contributed by atoms with Crippen molar-refractivity contribution in [3.8, 4) is 0 Å². The van der Waals surface area contributed by atoms with Crippen molar-refractivity contribution >= 4 is 5.97 Å². The third-order valence-electron chi connectivity index (χ3n) is 1.27. The summed E-state index contributed by atoms with van der Waals surface area (Å²) in [5, 5.41) is 9.37. The molecule has 1 aliphatic heterocycles. The molecule has 0 radical (unpaired) electrons. The highest BCUT2D eigenvalue weighted by Gasteiger charge is 2.44. The van der Waals surface area contributed by atoms with Crippen molar-refractivity contribution in [2.75, 3.05) is 13.1 Å². The van der Waals surface area contributed by atoms with E-state index in [2.05, 4.69) is 4.84 Å². The maximum Gasteiger partial charge on any atom is 0.492 e. The van der Waals surface area contributed by atoms with Crippen molar-refractivity contribution in [3.63, 3.8) is 0 Å². The molecule has 12 heavy (non-hydrogen) atoms. The molecule has 0 unspecified atom stereocenters. The van der Waals surface area contributed by atoms with Crippen molar-refractivity contribution in [2.45, 2.75) is 12.3 Å². The normalized spacial score (nSPS) is 20.3. The number of halogens is 3. The van der Waals surface area contributed by atoms with Crippen molar-refractivity contribution < 1.29 is 27.9 Å². The maximum atomic E-state index is 11.5. The summed E-state index contributed by atoms with van der Waals surface area (Å²) in [5.41, 5.74) is 0. The monoisotopic (exact) mass is 185 g/mol. The van der Waals surface area contributed by atoms with Crippen molar-refractivity contribution in [3.05, 3.63) is 0 Å². The topological polar surface area (TPSA) is 49.8 Å². The summed E-state index contributed by atoms with van der Waals surface area (Å²) >= 11 is 0. The molecule has 70 valence electrons. The van der Waals surface area contributed by atoms with E-state index in [1.54, 1.807) is 0 Å². The van der Waals surface area contributed by atoms with Crippen LogP contribution in [0, 0.1) is 0 Å². The van der Waals surface area contributed by atoms with E-state index in [0.717, 1.165) is 5.06 Å². The first kappa shape index (κ1) is 9.27. The Kier molecular flexibility index (Phi) is 2.25. The zero-order chi connectivity index (χ0) is 9.35. The molecule has 0 spiro atoms. The minimum atomic E-state index is -4.97. The van der Waals surface area contributed by atoms with E-state index >= 15 is 0 Å². The number of β-amino-alcohol motifs (C(OH)–C–C–N with tert-alkyl or cyclic N) is 1. The van der Waals surface area contributed by atoms with Crippen LogP contribution in [0.4, 0.5) is 13.2 Å². The molecule has 4 nitrogen and oxygen atoms in total. The molecule has 1 rings (SSSR count). The zero-order valence-corrected chi connectivity index (χ0v) is 5.84. The molecule has 0 amide bonds. The van der Waals surface area contributed by atoms with Crippen LogP contribution in [-0.2, 0) is 9.63 Å². The van der Waals surface area contributed by atoms with E-state index < -0.39 is 18.2 Å². The molecular formula is C5H6F3NO3. The number of nitrogens with zero attached hydrogens (tertiary/aromatic N) is 1. The first-order valence-electron chi connectivity index (χ1n) is 3.11. The highest BCUT2D eigenvalue weighted by atomic mass is 19.4. The van der Waals surface area contributed by atoms with Crippen LogP contribution in [0.2, 0.25) is 0 Å². The Morgan fingerprint density at radius 1 is 1.50 bits per heavy atom. The van der Waals surface area contributed by atoms with Crippen LogP contribution in [0.3, 0.4) is 0 Å². The third-order valence-corrected chi connectivity index (χ3v) is 1.27. The number of alkyl halides is 3. The zero-order valence-electron chi connectivity index (χ0n) is 5.84. The number of aliphatic hydroxyl groups excluding tert-OH is 1. The second-order valence-corrected chi connectivity index (χ2v) is 2.38. The minimum absolute atomic E-state index is 0.0676. The van der Waals surface area contributed by atoms with Gasteiger partial charge in [0.15, 0.2) is 0 Å². The summed E-state index contributed by atoms with van der Waals surface area (Å²) in [7, 11) is 0. The second kappa shape index (κ2) is 2.91. The molecule has 0 aromatic carbocycles. The number of hydrogen-bond donors (Lipinski definition) is 1. The molecule has 7 heteroatoms. The molecule has 1 saturated heterocycles. The smallest absolute Gasteiger partial charge is 0.390 e. The lowest BCUT2D eigenvalue weighted by molar-refractivity contribution is -0.264. The SMILES string of the molecule is O=C(ON1CC(O)C1)C(F)(F)F. The Balaban J connectivity index is 2.28. The van der Waals surface area contributed by atoms with E-state index in [4.69, 9.17) is 5.11 Å². The van der Waals surface area contributed by atoms with Gasteiger partial charge in [0.2, 0.25) is 0 Å². The fourth-order valence-corrected chi connectivity index (χ4v) is 0.660. The number of aliphatic hydroxyl groups is 1.